The number of nitrogens with zero attached hydrogens (tertiary/aromatic N) is 1. The summed E-state index contributed by atoms with van der Waals surface area (Å²) in [6.07, 6.45) is 0. The molecule has 1 amide bonds. The Hall–Kier alpha value is -1.71. The average molecular weight is 307 g/mol. The highest BCUT2D eigenvalue weighted by atomic mass is 16.5. The molecular weight excluding hydrogens is 278 g/mol. The van der Waals surface area contributed by atoms with Crippen LogP contribution in [-0.4, -0.2) is 37.1 Å². The molecule has 0 spiro atoms. The molecule has 1 aromatic carbocycles. The third-order valence-corrected chi connectivity index (χ3v) is 3.02. The Bertz CT molecular complexity index is 447. The van der Waals surface area contributed by atoms with E-state index in [9.17, 15) is 4.79 Å². The topological polar surface area (TPSA) is 38.8 Å². The molecule has 0 bridgehead atoms. The molecule has 4 nitrogen and oxygen atoms in total. The number of benzene rings is 1. The van der Waals surface area contributed by atoms with Crippen LogP contribution in [-0.2, 0) is 4.79 Å². The third-order valence-electron chi connectivity index (χ3n) is 3.02. The maximum Gasteiger partial charge on any atom is 0.260 e. The number of hydrogen-bond donors (Lipinski definition) is 0. The van der Waals surface area contributed by atoms with Gasteiger partial charge in [-0.15, -0.1) is 0 Å². The van der Waals surface area contributed by atoms with E-state index in [0.717, 1.165) is 13.1 Å². The largest absolute Gasteiger partial charge is 0.490 e. The van der Waals surface area contributed by atoms with Crippen LogP contribution < -0.4 is 9.47 Å². The van der Waals surface area contributed by atoms with Gasteiger partial charge in [0.1, 0.15) is 0 Å². The van der Waals surface area contributed by atoms with Crippen LogP contribution in [0.4, 0.5) is 0 Å². The number of ether oxygens (including phenoxy) is 2. The van der Waals surface area contributed by atoms with E-state index in [1.165, 1.54) is 0 Å². The Morgan fingerprint density at radius 3 is 1.95 bits per heavy atom. The van der Waals surface area contributed by atoms with Crippen LogP contribution in [0.3, 0.4) is 0 Å². The van der Waals surface area contributed by atoms with Gasteiger partial charge in [-0.05, 0) is 30.9 Å². The normalized spacial score (nSPS) is 10.9. The van der Waals surface area contributed by atoms with Gasteiger partial charge in [0.05, 0.1) is 6.61 Å². The summed E-state index contributed by atoms with van der Waals surface area (Å²) in [6, 6.07) is 7.45. The van der Waals surface area contributed by atoms with E-state index in [1.54, 1.807) is 0 Å². The minimum absolute atomic E-state index is 0.0219. The lowest BCUT2D eigenvalue weighted by Crippen LogP contribution is -2.39. The van der Waals surface area contributed by atoms with Crippen LogP contribution >= 0.6 is 0 Å². The molecule has 0 unspecified atom stereocenters. The molecule has 0 heterocycles. The zero-order valence-electron chi connectivity index (χ0n) is 14.5. The number of amides is 1. The van der Waals surface area contributed by atoms with Gasteiger partial charge in [-0.2, -0.15) is 0 Å². The summed E-state index contributed by atoms with van der Waals surface area (Å²) in [6.45, 7) is 12.5. The van der Waals surface area contributed by atoms with Crippen LogP contribution in [0.5, 0.6) is 11.5 Å². The van der Waals surface area contributed by atoms with Gasteiger partial charge < -0.3 is 14.4 Å². The minimum atomic E-state index is 0.0219. The summed E-state index contributed by atoms with van der Waals surface area (Å²) in [4.78, 5) is 14.3. The molecule has 0 N–H and O–H groups in total. The van der Waals surface area contributed by atoms with Gasteiger partial charge in [0, 0.05) is 13.1 Å². The Morgan fingerprint density at radius 2 is 1.50 bits per heavy atom. The number of carbonyl (C=O) groups is 1. The van der Waals surface area contributed by atoms with Crippen LogP contribution in [0.25, 0.3) is 0 Å². The van der Waals surface area contributed by atoms with Crippen molar-refractivity contribution in [3.63, 3.8) is 0 Å². The summed E-state index contributed by atoms with van der Waals surface area (Å²) in [5, 5.41) is 0. The van der Waals surface area contributed by atoms with Crippen LogP contribution in [0, 0.1) is 11.8 Å². The highest BCUT2D eigenvalue weighted by Gasteiger charge is 2.17. The summed E-state index contributed by atoms with van der Waals surface area (Å²) in [5.74, 6) is 2.20. The molecule has 0 saturated heterocycles. The molecule has 1 rings (SSSR count). The number of carbonyl (C=O) groups excluding carboxylic acids is 1. The first kappa shape index (κ1) is 18.3. The minimum Gasteiger partial charge on any atom is -0.490 e. The van der Waals surface area contributed by atoms with E-state index in [1.807, 2.05) is 36.1 Å². The SMILES string of the molecule is CCOc1ccccc1OCC(=O)N(CC(C)C)CC(C)C. The first-order valence-corrected chi connectivity index (χ1v) is 8.06. The second-order valence-electron chi connectivity index (χ2n) is 6.25. The van der Waals surface area contributed by atoms with E-state index < -0.39 is 0 Å². The molecule has 0 aromatic heterocycles. The maximum atomic E-state index is 12.4. The summed E-state index contributed by atoms with van der Waals surface area (Å²) < 4.78 is 11.2. The summed E-state index contributed by atoms with van der Waals surface area (Å²) in [5.41, 5.74) is 0. The Morgan fingerprint density at radius 1 is 1.00 bits per heavy atom. The number of rotatable bonds is 9. The molecule has 0 aliphatic carbocycles. The highest BCUT2D eigenvalue weighted by molar-refractivity contribution is 5.77. The molecule has 0 fully saturated rings. The van der Waals surface area contributed by atoms with Crippen molar-refractivity contribution in [2.24, 2.45) is 11.8 Å². The smallest absolute Gasteiger partial charge is 0.260 e. The lowest BCUT2D eigenvalue weighted by molar-refractivity contribution is -0.134. The lowest BCUT2D eigenvalue weighted by atomic mass is 10.1. The fraction of sp³-hybridized carbons (Fsp3) is 0.611. The second-order valence-corrected chi connectivity index (χ2v) is 6.25. The number of para-hydroxylation sites is 2. The summed E-state index contributed by atoms with van der Waals surface area (Å²) in [7, 11) is 0. The first-order chi connectivity index (χ1) is 10.4. The fourth-order valence-electron chi connectivity index (χ4n) is 2.23. The molecule has 22 heavy (non-hydrogen) atoms. The van der Waals surface area contributed by atoms with Gasteiger partial charge in [-0.25, -0.2) is 0 Å². The molecule has 0 aliphatic rings. The van der Waals surface area contributed by atoms with Gasteiger partial charge >= 0.3 is 0 Å². The predicted octanol–water partition coefficient (Wildman–Crippen LogP) is 3.60. The van der Waals surface area contributed by atoms with Crippen molar-refractivity contribution in [3.8, 4) is 11.5 Å². The second kappa shape index (κ2) is 9.34. The summed E-state index contributed by atoms with van der Waals surface area (Å²) >= 11 is 0. The first-order valence-electron chi connectivity index (χ1n) is 8.06. The standard InChI is InChI=1S/C18H29NO3/c1-6-21-16-9-7-8-10-17(16)22-13-18(20)19(11-14(2)3)12-15(4)5/h7-10,14-15H,6,11-13H2,1-5H3. The van der Waals surface area contributed by atoms with Crippen LogP contribution in [0.15, 0.2) is 24.3 Å². The van der Waals surface area contributed by atoms with Crippen molar-refractivity contribution in [1.82, 2.24) is 4.90 Å². The molecule has 124 valence electrons. The molecule has 0 aliphatic heterocycles. The van der Waals surface area contributed by atoms with Gasteiger partial charge in [0.25, 0.3) is 5.91 Å². The van der Waals surface area contributed by atoms with Crippen LogP contribution in [0.1, 0.15) is 34.6 Å². The Labute approximate surface area is 134 Å². The molecule has 1 aromatic rings. The van der Waals surface area contributed by atoms with Crippen molar-refractivity contribution in [3.05, 3.63) is 24.3 Å². The molecule has 4 heteroatoms. The van der Waals surface area contributed by atoms with Gasteiger partial charge in [-0.1, -0.05) is 39.8 Å². The van der Waals surface area contributed by atoms with Gasteiger partial charge in [0.15, 0.2) is 18.1 Å². The van der Waals surface area contributed by atoms with Gasteiger partial charge in [0.2, 0.25) is 0 Å². The Balaban J connectivity index is 2.66. The quantitative estimate of drug-likeness (QED) is 0.699. The van der Waals surface area contributed by atoms with Crippen molar-refractivity contribution in [2.75, 3.05) is 26.3 Å². The predicted molar refractivity (Wildman–Crippen MR) is 89.4 cm³/mol. The maximum absolute atomic E-state index is 12.4. The fourth-order valence-corrected chi connectivity index (χ4v) is 2.23. The van der Waals surface area contributed by atoms with E-state index in [-0.39, 0.29) is 12.5 Å². The zero-order valence-corrected chi connectivity index (χ0v) is 14.5. The monoisotopic (exact) mass is 307 g/mol. The van der Waals surface area contributed by atoms with E-state index in [0.29, 0.717) is 29.9 Å². The lowest BCUT2D eigenvalue weighted by Gasteiger charge is -2.26. The van der Waals surface area contributed by atoms with Gasteiger partial charge in [-0.3, -0.25) is 4.79 Å². The van der Waals surface area contributed by atoms with E-state index in [4.69, 9.17) is 9.47 Å². The van der Waals surface area contributed by atoms with E-state index in [2.05, 4.69) is 27.7 Å². The van der Waals surface area contributed by atoms with Crippen molar-refractivity contribution < 1.29 is 14.3 Å². The van der Waals surface area contributed by atoms with Crippen molar-refractivity contribution in [1.29, 1.82) is 0 Å². The van der Waals surface area contributed by atoms with Crippen molar-refractivity contribution >= 4 is 5.91 Å². The van der Waals surface area contributed by atoms with Crippen molar-refractivity contribution in [2.45, 2.75) is 34.6 Å². The molecule has 0 radical (unpaired) electrons. The third kappa shape index (κ3) is 6.37. The van der Waals surface area contributed by atoms with Crippen LogP contribution in [0.2, 0.25) is 0 Å². The molecular formula is C18H29NO3. The zero-order chi connectivity index (χ0) is 16.5. The molecule has 0 atom stereocenters. The Kier molecular flexibility index (Phi) is 7.78. The highest BCUT2D eigenvalue weighted by Crippen LogP contribution is 2.26. The average Bonchev–Trinajstić information content (AvgIpc) is 2.44. The number of hydrogen-bond acceptors (Lipinski definition) is 3. The molecule has 0 saturated carbocycles. The van der Waals surface area contributed by atoms with E-state index >= 15 is 0 Å².